The summed E-state index contributed by atoms with van der Waals surface area (Å²) in [4.78, 5) is 30.5. The Balaban J connectivity index is 1.41. The highest BCUT2D eigenvalue weighted by Crippen LogP contribution is 2.33. The number of hydrogen-bond acceptors (Lipinski definition) is 5. The Hall–Kier alpha value is -3.46. The Kier molecular flexibility index (Phi) is 5.26. The lowest BCUT2D eigenvalue weighted by Crippen LogP contribution is -2.27. The van der Waals surface area contributed by atoms with Crippen molar-refractivity contribution in [2.24, 2.45) is 0 Å². The lowest BCUT2D eigenvalue weighted by atomic mass is 10.1. The Morgan fingerprint density at radius 3 is 2.66 bits per heavy atom. The first-order chi connectivity index (χ1) is 15.5. The van der Waals surface area contributed by atoms with Gasteiger partial charge in [-0.1, -0.05) is 30.8 Å². The highest BCUT2D eigenvalue weighted by atomic mass is 32.2. The van der Waals surface area contributed by atoms with Gasteiger partial charge in [0.25, 0.3) is 5.56 Å². The number of aromatic nitrogens is 4. The van der Waals surface area contributed by atoms with Gasteiger partial charge >= 0.3 is 0 Å². The van der Waals surface area contributed by atoms with Crippen LogP contribution in [0.15, 0.2) is 64.7 Å². The molecule has 2 aromatic carbocycles. The summed E-state index contributed by atoms with van der Waals surface area (Å²) in [6, 6.07) is 13.3. The van der Waals surface area contributed by atoms with Crippen LogP contribution in [0, 0.1) is 5.82 Å². The van der Waals surface area contributed by atoms with Gasteiger partial charge in [0, 0.05) is 17.9 Å². The Morgan fingerprint density at radius 2 is 1.94 bits per heavy atom. The predicted molar refractivity (Wildman–Crippen MR) is 122 cm³/mol. The highest BCUT2D eigenvalue weighted by molar-refractivity contribution is 7.99. The molecule has 1 amide bonds. The van der Waals surface area contributed by atoms with Crippen molar-refractivity contribution >= 4 is 34.4 Å². The predicted octanol–water partition coefficient (Wildman–Crippen LogP) is 3.96. The number of hydrogen-bond donors (Lipinski definition) is 1. The Labute approximate surface area is 187 Å². The fraction of sp³-hybridized carbons (Fsp3) is 0.217. The van der Waals surface area contributed by atoms with E-state index >= 15 is 0 Å². The maximum absolute atomic E-state index is 13.3. The zero-order valence-electron chi connectivity index (χ0n) is 17.3. The van der Waals surface area contributed by atoms with E-state index in [-0.39, 0.29) is 29.7 Å². The molecule has 5 rings (SSSR count). The molecule has 1 N–H and O–H groups in total. The average molecular weight is 450 g/mol. The average Bonchev–Trinajstić information content (AvgIpc) is 3.40. The van der Waals surface area contributed by atoms with Crippen molar-refractivity contribution < 1.29 is 9.18 Å². The molecule has 0 radical (unpaired) electrons. The number of aryl methyl sites for hydroxylation is 1. The van der Waals surface area contributed by atoms with E-state index in [1.54, 1.807) is 16.7 Å². The maximum Gasteiger partial charge on any atom is 0.265 e. The van der Waals surface area contributed by atoms with Crippen LogP contribution in [0.2, 0.25) is 0 Å². The number of rotatable bonds is 5. The molecule has 4 aromatic rings. The van der Waals surface area contributed by atoms with Crippen molar-refractivity contribution in [3.63, 3.8) is 0 Å². The fourth-order valence-electron chi connectivity index (χ4n) is 3.80. The molecule has 2 aromatic heterocycles. The molecule has 162 valence electrons. The number of halogens is 1. The summed E-state index contributed by atoms with van der Waals surface area (Å²) < 4.78 is 16.4. The lowest BCUT2D eigenvalue weighted by Gasteiger charge is -2.13. The second-order valence-electron chi connectivity index (χ2n) is 7.61. The molecule has 0 spiro atoms. The van der Waals surface area contributed by atoms with E-state index in [1.165, 1.54) is 40.3 Å². The SMILES string of the molecule is CCc1ccc(NC(=O)CC2CSc3nc4c(cnn4-c4ccc(F)cc4)c(=O)n32)cc1. The normalized spacial score (nSPS) is 15.1. The van der Waals surface area contributed by atoms with E-state index < -0.39 is 0 Å². The molecule has 3 heterocycles. The van der Waals surface area contributed by atoms with Crippen molar-refractivity contribution in [3.05, 3.63) is 76.5 Å². The van der Waals surface area contributed by atoms with Crippen LogP contribution in [0.5, 0.6) is 0 Å². The zero-order valence-corrected chi connectivity index (χ0v) is 18.1. The molecule has 9 heteroatoms. The molecule has 0 saturated carbocycles. The van der Waals surface area contributed by atoms with E-state index in [0.717, 1.165) is 12.1 Å². The number of nitrogens with one attached hydrogen (secondary N) is 1. The van der Waals surface area contributed by atoms with Gasteiger partial charge in [-0.2, -0.15) is 5.10 Å². The van der Waals surface area contributed by atoms with Crippen LogP contribution < -0.4 is 10.9 Å². The topological polar surface area (TPSA) is 81.8 Å². The van der Waals surface area contributed by atoms with Crippen LogP contribution in [0.4, 0.5) is 10.1 Å². The van der Waals surface area contributed by atoms with Gasteiger partial charge in [0.15, 0.2) is 10.8 Å². The number of nitrogens with zero attached hydrogens (tertiary/aromatic N) is 4. The van der Waals surface area contributed by atoms with Crippen molar-refractivity contribution in [3.8, 4) is 5.69 Å². The summed E-state index contributed by atoms with van der Waals surface area (Å²) in [5, 5.41) is 8.10. The number of carbonyl (C=O) groups is 1. The van der Waals surface area contributed by atoms with E-state index in [9.17, 15) is 14.0 Å². The number of thioether (sulfide) groups is 1. The van der Waals surface area contributed by atoms with Crippen LogP contribution in [-0.2, 0) is 11.2 Å². The van der Waals surface area contributed by atoms with Gasteiger partial charge in [-0.15, -0.1) is 0 Å². The first-order valence-corrected chi connectivity index (χ1v) is 11.3. The lowest BCUT2D eigenvalue weighted by molar-refractivity contribution is -0.116. The molecule has 0 fully saturated rings. The largest absolute Gasteiger partial charge is 0.326 e. The molecule has 32 heavy (non-hydrogen) atoms. The van der Waals surface area contributed by atoms with Crippen LogP contribution in [0.3, 0.4) is 0 Å². The van der Waals surface area contributed by atoms with Crippen LogP contribution >= 0.6 is 11.8 Å². The molecular weight excluding hydrogens is 429 g/mol. The summed E-state index contributed by atoms with van der Waals surface area (Å²) in [7, 11) is 0. The highest BCUT2D eigenvalue weighted by Gasteiger charge is 2.29. The summed E-state index contributed by atoms with van der Waals surface area (Å²) in [5.74, 6) is 0.0832. The van der Waals surface area contributed by atoms with Gasteiger partial charge in [0.05, 0.1) is 17.9 Å². The molecule has 0 saturated heterocycles. The smallest absolute Gasteiger partial charge is 0.265 e. The van der Waals surface area contributed by atoms with Crippen LogP contribution in [-0.4, -0.2) is 31.0 Å². The summed E-state index contributed by atoms with van der Waals surface area (Å²) in [6.45, 7) is 2.08. The van der Waals surface area contributed by atoms with Gasteiger partial charge in [0.2, 0.25) is 5.91 Å². The van der Waals surface area contributed by atoms with Gasteiger partial charge in [-0.25, -0.2) is 14.1 Å². The Bertz CT molecular complexity index is 1360. The summed E-state index contributed by atoms with van der Waals surface area (Å²) in [6.07, 6.45) is 2.58. The fourth-order valence-corrected chi connectivity index (χ4v) is 4.93. The monoisotopic (exact) mass is 449 g/mol. The van der Waals surface area contributed by atoms with Crippen molar-refractivity contribution in [2.45, 2.75) is 31.0 Å². The number of anilines is 1. The maximum atomic E-state index is 13.3. The minimum Gasteiger partial charge on any atom is -0.326 e. The third-order valence-electron chi connectivity index (χ3n) is 5.51. The van der Waals surface area contributed by atoms with Crippen LogP contribution in [0.1, 0.15) is 24.9 Å². The zero-order chi connectivity index (χ0) is 22.2. The molecule has 0 bridgehead atoms. The van der Waals surface area contributed by atoms with Gasteiger partial charge in [-0.3, -0.25) is 14.2 Å². The first kappa shape index (κ1) is 20.4. The molecule has 1 aliphatic heterocycles. The van der Waals surface area contributed by atoms with E-state index in [1.807, 2.05) is 24.3 Å². The van der Waals surface area contributed by atoms with E-state index in [0.29, 0.717) is 27.6 Å². The van der Waals surface area contributed by atoms with E-state index in [4.69, 9.17) is 0 Å². The number of amides is 1. The van der Waals surface area contributed by atoms with Crippen molar-refractivity contribution in [2.75, 3.05) is 11.1 Å². The molecule has 1 atom stereocenters. The minimum atomic E-state index is -0.350. The van der Waals surface area contributed by atoms with Gasteiger partial charge in [-0.05, 0) is 48.4 Å². The minimum absolute atomic E-state index is 0.151. The third kappa shape index (κ3) is 3.69. The summed E-state index contributed by atoms with van der Waals surface area (Å²) in [5.41, 5.74) is 2.74. The third-order valence-corrected chi connectivity index (χ3v) is 6.61. The van der Waals surface area contributed by atoms with Crippen LogP contribution in [0.25, 0.3) is 16.7 Å². The van der Waals surface area contributed by atoms with Crippen molar-refractivity contribution in [1.82, 2.24) is 19.3 Å². The number of benzene rings is 2. The second-order valence-corrected chi connectivity index (χ2v) is 8.59. The van der Waals surface area contributed by atoms with Gasteiger partial charge < -0.3 is 5.32 Å². The van der Waals surface area contributed by atoms with Crippen molar-refractivity contribution in [1.29, 1.82) is 0 Å². The first-order valence-electron chi connectivity index (χ1n) is 10.3. The molecular formula is C23H20FN5O2S. The number of fused-ring (bicyclic) bond motifs is 2. The standard InChI is InChI=1S/C23H20FN5O2S/c1-2-14-3-7-16(8-4-14)26-20(30)11-18-13-32-23-27-21-19(22(31)28(18)23)12-25-29(21)17-9-5-15(24)6-10-17/h3-10,12,18H,2,11,13H2,1H3,(H,26,30). The molecule has 7 nitrogen and oxygen atoms in total. The van der Waals surface area contributed by atoms with Gasteiger partial charge in [0.1, 0.15) is 11.2 Å². The molecule has 0 aliphatic carbocycles. The molecule has 1 unspecified atom stereocenters. The quantitative estimate of drug-likeness (QED) is 0.467. The molecule has 1 aliphatic rings. The van der Waals surface area contributed by atoms with E-state index in [2.05, 4.69) is 22.3 Å². The Morgan fingerprint density at radius 1 is 1.19 bits per heavy atom. The number of carbonyl (C=O) groups excluding carboxylic acids is 1. The second kappa shape index (κ2) is 8.23. The summed E-state index contributed by atoms with van der Waals surface area (Å²) >= 11 is 1.44.